The Balaban J connectivity index is 2.04. The Labute approximate surface area is 156 Å². The number of hydrogen-bond acceptors (Lipinski definition) is 3. The number of allylic oxidation sites excluding steroid dienone is 2. The number of carbonyl (C=O) groups excluding carboxylic acids is 1. The predicted molar refractivity (Wildman–Crippen MR) is 109 cm³/mol. The van der Waals surface area contributed by atoms with Crippen molar-refractivity contribution in [1.82, 2.24) is 0 Å². The van der Waals surface area contributed by atoms with Gasteiger partial charge in [-0.2, -0.15) is 0 Å². The van der Waals surface area contributed by atoms with E-state index in [-0.39, 0.29) is 17.3 Å². The molecule has 26 heavy (non-hydrogen) atoms. The Morgan fingerprint density at radius 3 is 1.96 bits per heavy atom. The molecule has 0 atom stereocenters. The maximum absolute atomic E-state index is 12.0. The summed E-state index contributed by atoms with van der Waals surface area (Å²) in [5, 5.41) is 0. The molecule has 0 radical (unpaired) electrons. The van der Waals surface area contributed by atoms with Gasteiger partial charge in [-0.15, -0.1) is 0 Å². The van der Waals surface area contributed by atoms with E-state index < -0.39 is 9.84 Å². The van der Waals surface area contributed by atoms with Crippen LogP contribution in [0.3, 0.4) is 0 Å². The smallest absolute Gasteiger partial charge is 0.178 e. The number of aryl methyl sites for hydroxylation is 1. The van der Waals surface area contributed by atoms with Crippen molar-refractivity contribution >= 4 is 27.8 Å². The average molecular weight is 368 g/mol. The highest BCUT2D eigenvalue weighted by atomic mass is 32.2. The molecule has 0 aromatic heterocycles. The van der Waals surface area contributed by atoms with Crippen LogP contribution < -0.4 is 0 Å². The van der Waals surface area contributed by atoms with E-state index in [4.69, 9.17) is 0 Å². The van der Waals surface area contributed by atoms with Crippen molar-refractivity contribution < 1.29 is 13.2 Å². The minimum Gasteiger partial charge on any atom is -0.290 e. The Bertz CT molecular complexity index is 922. The summed E-state index contributed by atoms with van der Waals surface area (Å²) in [5.41, 5.74) is 3.77. The second-order valence-electron chi connectivity index (χ2n) is 6.09. The molecule has 136 valence electrons. The number of hydrogen-bond donors (Lipinski definition) is 0. The number of benzene rings is 2. The molecule has 0 heterocycles. The van der Waals surface area contributed by atoms with Gasteiger partial charge in [0.25, 0.3) is 0 Å². The van der Waals surface area contributed by atoms with Crippen LogP contribution in [0.25, 0.3) is 12.2 Å². The summed E-state index contributed by atoms with van der Waals surface area (Å²) in [6.07, 6.45) is 7.50. The van der Waals surface area contributed by atoms with Crippen molar-refractivity contribution in [2.24, 2.45) is 0 Å². The summed E-state index contributed by atoms with van der Waals surface area (Å²) in [6.45, 7) is 3.73. The number of ketones is 1. The molecule has 0 N–H and O–H groups in total. The Hall–Kier alpha value is -2.46. The van der Waals surface area contributed by atoms with E-state index in [2.05, 4.69) is 19.1 Å². The minimum atomic E-state index is -3.07. The Kier molecular flexibility index (Phi) is 7.10. The third-order valence-electron chi connectivity index (χ3n) is 4.02. The van der Waals surface area contributed by atoms with Gasteiger partial charge in [-0.05, 0) is 40.8 Å². The highest BCUT2D eigenvalue weighted by Crippen LogP contribution is 2.12. The van der Waals surface area contributed by atoms with Crippen LogP contribution in [-0.4, -0.2) is 20.0 Å². The summed E-state index contributed by atoms with van der Waals surface area (Å²) in [5.74, 6) is 0.0287. The molecular weight excluding hydrogens is 344 g/mol. The van der Waals surface area contributed by atoms with E-state index in [9.17, 15) is 13.2 Å². The molecule has 2 aromatic rings. The molecule has 0 aliphatic carbocycles. The second kappa shape index (κ2) is 9.30. The van der Waals surface area contributed by atoms with E-state index in [1.165, 1.54) is 17.7 Å². The third kappa shape index (κ3) is 6.45. The van der Waals surface area contributed by atoms with E-state index in [1.54, 1.807) is 37.3 Å². The number of sulfone groups is 1. The van der Waals surface area contributed by atoms with Crippen LogP contribution in [-0.2, 0) is 26.8 Å². The van der Waals surface area contributed by atoms with Crippen LogP contribution in [0, 0.1) is 0 Å². The van der Waals surface area contributed by atoms with Crippen molar-refractivity contribution in [3.05, 3.63) is 82.9 Å². The molecule has 0 bridgehead atoms. The normalized spacial score (nSPS) is 12.1. The van der Waals surface area contributed by atoms with Crippen LogP contribution in [0.5, 0.6) is 0 Å². The van der Waals surface area contributed by atoms with Crippen molar-refractivity contribution in [1.29, 1.82) is 0 Å². The van der Waals surface area contributed by atoms with E-state index in [1.807, 2.05) is 18.2 Å². The first-order valence-corrected chi connectivity index (χ1v) is 10.5. The maximum atomic E-state index is 12.0. The molecular formula is C22H24O3S. The van der Waals surface area contributed by atoms with Crippen molar-refractivity contribution in [2.45, 2.75) is 26.0 Å². The van der Waals surface area contributed by atoms with Gasteiger partial charge in [0.15, 0.2) is 15.6 Å². The molecule has 4 heteroatoms. The fourth-order valence-corrected chi connectivity index (χ4v) is 3.36. The molecule has 2 aromatic carbocycles. The third-order valence-corrected chi connectivity index (χ3v) is 5.67. The Morgan fingerprint density at radius 1 is 0.885 bits per heavy atom. The van der Waals surface area contributed by atoms with Gasteiger partial charge in [0.05, 0.1) is 5.75 Å². The van der Waals surface area contributed by atoms with E-state index in [0.29, 0.717) is 0 Å². The lowest BCUT2D eigenvalue weighted by molar-refractivity contribution is -0.110. The zero-order valence-electron chi connectivity index (χ0n) is 15.2. The minimum absolute atomic E-state index is 0.0206. The van der Waals surface area contributed by atoms with Gasteiger partial charge in [-0.3, -0.25) is 4.79 Å². The van der Waals surface area contributed by atoms with E-state index in [0.717, 1.165) is 23.1 Å². The van der Waals surface area contributed by atoms with Gasteiger partial charge in [0.2, 0.25) is 0 Å². The number of rotatable bonds is 8. The lowest BCUT2D eigenvalue weighted by Gasteiger charge is -2.02. The molecule has 3 nitrogen and oxygen atoms in total. The first kappa shape index (κ1) is 19.9. The van der Waals surface area contributed by atoms with Crippen LogP contribution in [0.2, 0.25) is 0 Å². The molecule has 2 rings (SSSR count). The van der Waals surface area contributed by atoms with Gasteiger partial charge in [-0.25, -0.2) is 8.42 Å². The molecule has 0 unspecified atom stereocenters. The largest absolute Gasteiger partial charge is 0.290 e. The van der Waals surface area contributed by atoms with Gasteiger partial charge < -0.3 is 0 Å². The molecule has 0 aliphatic heterocycles. The van der Waals surface area contributed by atoms with Crippen LogP contribution in [0.4, 0.5) is 0 Å². The zero-order valence-corrected chi connectivity index (χ0v) is 16.0. The molecule has 0 saturated carbocycles. The Morgan fingerprint density at radius 2 is 1.42 bits per heavy atom. The van der Waals surface area contributed by atoms with Crippen LogP contribution in [0.1, 0.15) is 36.1 Å². The first-order valence-electron chi connectivity index (χ1n) is 8.70. The predicted octanol–water partition coefficient (Wildman–Crippen LogP) is 4.48. The monoisotopic (exact) mass is 368 g/mol. The van der Waals surface area contributed by atoms with E-state index >= 15 is 0 Å². The lowest BCUT2D eigenvalue weighted by atomic mass is 10.1. The molecule has 0 fully saturated rings. The van der Waals surface area contributed by atoms with Crippen molar-refractivity contribution in [2.75, 3.05) is 5.75 Å². The standard InChI is InChI=1S/C22H24O3S/c1-3-18-7-5-8-19(15-18)11-13-22(23)14-12-20-9-6-10-21(16-20)17-26(24,25)4-2/h5-16H,3-4,17H2,1-2H3. The highest BCUT2D eigenvalue weighted by Gasteiger charge is 2.08. The quantitative estimate of drug-likeness (QED) is 0.646. The zero-order chi connectivity index (χ0) is 19.0. The first-order chi connectivity index (χ1) is 12.4. The fraction of sp³-hybridized carbons (Fsp3) is 0.227. The number of carbonyl (C=O) groups is 1. The molecule has 0 aliphatic rings. The van der Waals surface area contributed by atoms with Crippen molar-refractivity contribution in [3.63, 3.8) is 0 Å². The highest BCUT2D eigenvalue weighted by molar-refractivity contribution is 7.90. The second-order valence-corrected chi connectivity index (χ2v) is 8.44. The SMILES string of the molecule is CCc1cccc(C=CC(=O)C=Cc2cccc(CS(=O)(=O)CC)c2)c1. The van der Waals surface area contributed by atoms with Gasteiger partial charge >= 0.3 is 0 Å². The van der Waals surface area contributed by atoms with Gasteiger partial charge in [0.1, 0.15) is 0 Å². The summed E-state index contributed by atoms with van der Waals surface area (Å²) < 4.78 is 23.5. The summed E-state index contributed by atoms with van der Waals surface area (Å²) in [6, 6.07) is 15.3. The topological polar surface area (TPSA) is 51.2 Å². The van der Waals surface area contributed by atoms with Gasteiger partial charge in [0, 0.05) is 5.75 Å². The van der Waals surface area contributed by atoms with Crippen molar-refractivity contribution in [3.8, 4) is 0 Å². The lowest BCUT2D eigenvalue weighted by Crippen LogP contribution is -2.06. The summed E-state index contributed by atoms with van der Waals surface area (Å²) >= 11 is 0. The molecule has 0 spiro atoms. The fourth-order valence-electron chi connectivity index (χ4n) is 2.47. The van der Waals surface area contributed by atoms with Crippen LogP contribution >= 0.6 is 0 Å². The maximum Gasteiger partial charge on any atom is 0.178 e. The van der Waals surface area contributed by atoms with Crippen LogP contribution in [0.15, 0.2) is 60.7 Å². The molecule has 0 amide bonds. The summed E-state index contributed by atoms with van der Waals surface area (Å²) in [7, 11) is -3.07. The average Bonchev–Trinajstić information content (AvgIpc) is 2.65. The molecule has 0 saturated heterocycles. The van der Waals surface area contributed by atoms with Gasteiger partial charge in [-0.1, -0.05) is 74.5 Å². The summed E-state index contributed by atoms with van der Waals surface area (Å²) in [4.78, 5) is 12.0.